The number of aliphatic carboxylic acids is 2. The first-order chi connectivity index (χ1) is 12.9. The SMILES string of the molecule is COc1ccc(NC(=O)c2ccccc2[Se]SC(CC(=O)O)C(=O)O)cc1. The van der Waals surface area contributed by atoms with Gasteiger partial charge in [-0.1, -0.05) is 0 Å². The number of benzene rings is 2. The quantitative estimate of drug-likeness (QED) is 0.496. The third kappa shape index (κ3) is 6.32. The maximum atomic E-state index is 12.6. The van der Waals surface area contributed by atoms with Gasteiger partial charge in [0.1, 0.15) is 0 Å². The molecule has 0 spiro atoms. The van der Waals surface area contributed by atoms with Crippen LogP contribution in [0.2, 0.25) is 0 Å². The van der Waals surface area contributed by atoms with E-state index >= 15 is 0 Å². The number of ether oxygens (including phenoxy) is 1. The van der Waals surface area contributed by atoms with E-state index in [1.54, 1.807) is 55.6 Å². The number of amides is 1. The Morgan fingerprint density at radius 2 is 1.78 bits per heavy atom. The molecule has 0 saturated carbocycles. The van der Waals surface area contributed by atoms with Crippen LogP contribution in [0, 0.1) is 0 Å². The van der Waals surface area contributed by atoms with Crippen LogP contribution in [0.3, 0.4) is 0 Å². The van der Waals surface area contributed by atoms with Gasteiger partial charge in [-0.05, 0) is 0 Å². The maximum absolute atomic E-state index is 12.6. The Kier molecular flexibility index (Phi) is 7.72. The minimum atomic E-state index is -1.18. The van der Waals surface area contributed by atoms with Crippen molar-refractivity contribution < 1.29 is 29.3 Å². The number of carbonyl (C=O) groups is 3. The van der Waals surface area contributed by atoms with Crippen molar-refractivity contribution in [3.8, 4) is 5.75 Å². The second-order valence-electron chi connectivity index (χ2n) is 5.28. The molecule has 0 aliphatic heterocycles. The van der Waals surface area contributed by atoms with E-state index in [0.29, 0.717) is 21.5 Å². The number of hydrogen-bond donors (Lipinski definition) is 3. The van der Waals surface area contributed by atoms with E-state index in [-0.39, 0.29) is 5.91 Å². The molecular formula is C18H17NO6SSe. The van der Waals surface area contributed by atoms with Crippen molar-refractivity contribution in [2.45, 2.75) is 11.7 Å². The van der Waals surface area contributed by atoms with Crippen LogP contribution in [-0.2, 0) is 9.59 Å². The number of anilines is 1. The van der Waals surface area contributed by atoms with Crippen LogP contribution in [0.5, 0.6) is 5.75 Å². The zero-order chi connectivity index (χ0) is 19.8. The van der Waals surface area contributed by atoms with E-state index in [1.165, 1.54) is 0 Å². The molecule has 2 rings (SSSR count). The fourth-order valence-corrected chi connectivity index (χ4v) is 6.44. The normalized spacial score (nSPS) is 11.4. The summed E-state index contributed by atoms with van der Waals surface area (Å²) in [6.45, 7) is 0. The van der Waals surface area contributed by atoms with Crippen molar-refractivity contribution in [3.05, 3.63) is 54.1 Å². The monoisotopic (exact) mass is 455 g/mol. The van der Waals surface area contributed by atoms with E-state index in [4.69, 9.17) is 14.9 Å². The summed E-state index contributed by atoms with van der Waals surface area (Å²) in [7, 11) is 2.59. The van der Waals surface area contributed by atoms with Crippen molar-refractivity contribution in [1.82, 2.24) is 0 Å². The molecular weight excluding hydrogens is 437 g/mol. The van der Waals surface area contributed by atoms with Crippen molar-refractivity contribution in [2.24, 2.45) is 0 Å². The second kappa shape index (κ2) is 10.0. The van der Waals surface area contributed by atoms with Gasteiger partial charge in [-0.15, -0.1) is 0 Å². The Morgan fingerprint density at radius 1 is 1.11 bits per heavy atom. The molecule has 0 heterocycles. The second-order valence-corrected chi connectivity index (χ2v) is 9.39. The Balaban J connectivity index is 2.10. The molecule has 0 aromatic heterocycles. The summed E-state index contributed by atoms with van der Waals surface area (Å²) in [5, 5.41) is 19.7. The number of hydrogen-bond acceptors (Lipinski definition) is 5. The molecule has 1 unspecified atom stereocenters. The van der Waals surface area contributed by atoms with E-state index < -0.39 is 37.4 Å². The minimum absolute atomic E-state index is 0.316. The standard InChI is InChI=1S/C18H17NO6SSe/c1-25-12-8-6-11(7-9-12)19-17(22)13-4-2-3-5-15(13)27-26-14(18(23)24)10-16(20)21/h2-9,14H,10H2,1H3,(H,19,22)(H,20,21)(H,23,24). The van der Waals surface area contributed by atoms with Gasteiger partial charge in [-0.3, -0.25) is 0 Å². The Hall–Kier alpha value is -2.48. The van der Waals surface area contributed by atoms with Gasteiger partial charge in [0, 0.05) is 0 Å². The van der Waals surface area contributed by atoms with E-state index in [9.17, 15) is 14.4 Å². The zero-order valence-corrected chi connectivity index (χ0v) is 16.8. The third-order valence-electron chi connectivity index (χ3n) is 3.37. The summed E-state index contributed by atoms with van der Waals surface area (Å²) in [6.07, 6.45) is -0.470. The number of nitrogens with one attached hydrogen (secondary N) is 1. The van der Waals surface area contributed by atoms with Gasteiger partial charge < -0.3 is 0 Å². The zero-order valence-electron chi connectivity index (χ0n) is 14.2. The number of methoxy groups -OCH3 is 1. The van der Waals surface area contributed by atoms with Gasteiger partial charge >= 0.3 is 165 Å². The van der Waals surface area contributed by atoms with Crippen LogP contribution in [0.15, 0.2) is 48.5 Å². The van der Waals surface area contributed by atoms with E-state index in [1.807, 2.05) is 0 Å². The predicted octanol–water partition coefficient (Wildman–Crippen LogP) is 1.85. The van der Waals surface area contributed by atoms with Crippen LogP contribution >= 0.6 is 10.2 Å². The predicted molar refractivity (Wildman–Crippen MR) is 104 cm³/mol. The fourth-order valence-electron chi connectivity index (χ4n) is 2.03. The molecule has 1 amide bonds. The number of carboxylic acid groups (broad SMARTS) is 2. The van der Waals surface area contributed by atoms with E-state index in [2.05, 4.69) is 5.32 Å². The molecule has 0 aliphatic carbocycles. The summed E-state index contributed by atoms with van der Waals surface area (Å²) in [5.41, 5.74) is 1.03. The summed E-state index contributed by atoms with van der Waals surface area (Å²) in [5.74, 6) is -1.99. The van der Waals surface area contributed by atoms with Gasteiger partial charge in [0.15, 0.2) is 0 Å². The summed E-state index contributed by atoms with van der Waals surface area (Å²) >= 11 is -0.438. The average Bonchev–Trinajstić information content (AvgIpc) is 2.65. The Morgan fingerprint density at radius 3 is 2.37 bits per heavy atom. The van der Waals surface area contributed by atoms with Crippen molar-refractivity contribution in [1.29, 1.82) is 0 Å². The van der Waals surface area contributed by atoms with Crippen molar-refractivity contribution >= 4 is 52.0 Å². The summed E-state index contributed by atoms with van der Waals surface area (Å²) in [4.78, 5) is 34.6. The fraction of sp³-hybridized carbons (Fsp3) is 0.167. The molecule has 0 bridgehead atoms. The van der Waals surface area contributed by atoms with Crippen LogP contribution in [0.4, 0.5) is 5.69 Å². The molecule has 9 heteroatoms. The topological polar surface area (TPSA) is 113 Å². The van der Waals surface area contributed by atoms with Gasteiger partial charge in [-0.25, -0.2) is 0 Å². The van der Waals surface area contributed by atoms with Crippen LogP contribution in [0.25, 0.3) is 0 Å². The first-order valence-electron chi connectivity index (χ1n) is 7.73. The molecule has 1 atom stereocenters. The van der Waals surface area contributed by atoms with E-state index in [0.717, 1.165) is 10.2 Å². The number of rotatable bonds is 9. The van der Waals surface area contributed by atoms with Gasteiger partial charge in [0.25, 0.3) is 0 Å². The molecule has 7 nitrogen and oxygen atoms in total. The van der Waals surface area contributed by atoms with Gasteiger partial charge in [-0.2, -0.15) is 0 Å². The molecule has 142 valence electrons. The van der Waals surface area contributed by atoms with Crippen molar-refractivity contribution in [3.63, 3.8) is 0 Å². The molecule has 2 aromatic rings. The third-order valence-corrected chi connectivity index (χ3v) is 8.19. The Bertz CT molecular complexity index is 827. The molecule has 0 aliphatic rings. The number of carbonyl (C=O) groups excluding carboxylic acids is 1. The van der Waals surface area contributed by atoms with Gasteiger partial charge in [0.2, 0.25) is 0 Å². The molecule has 0 fully saturated rings. The summed E-state index contributed by atoms with van der Waals surface area (Å²) in [6, 6.07) is 13.8. The van der Waals surface area contributed by atoms with Gasteiger partial charge in [0.05, 0.1) is 0 Å². The molecule has 0 radical (unpaired) electrons. The molecule has 3 N–H and O–H groups in total. The summed E-state index contributed by atoms with van der Waals surface area (Å²) < 4.78 is 5.77. The first kappa shape index (κ1) is 20.8. The first-order valence-corrected chi connectivity index (χ1v) is 11.5. The van der Waals surface area contributed by atoms with Crippen LogP contribution in [-0.4, -0.2) is 54.3 Å². The molecule has 27 heavy (non-hydrogen) atoms. The van der Waals surface area contributed by atoms with Crippen LogP contribution < -0.4 is 14.5 Å². The average molecular weight is 454 g/mol. The number of carboxylic acids is 2. The van der Waals surface area contributed by atoms with Crippen LogP contribution in [0.1, 0.15) is 16.8 Å². The van der Waals surface area contributed by atoms with Crippen molar-refractivity contribution in [2.75, 3.05) is 12.4 Å². The molecule has 0 saturated heterocycles. The molecule has 2 aromatic carbocycles. The Labute approximate surface area is 165 Å².